The van der Waals surface area contributed by atoms with Gasteiger partial charge in [-0.2, -0.15) is 0 Å². The van der Waals surface area contributed by atoms with Gasteiger partial charge in [0.2, 0.25) is 0 Å². The predicted octanol–water partition coefficient (Wildman–Crippen LogP) is 3.04. The van der Waals surface area contributed by atoms with E-state index in [4.69, 9.17) is 19.3 Å². The molecule has 0 aliphatic heterocycles. The smallest absolute Gasteiger partial charge is 0.303 e. The summed E-state index contributed by atoms with van der Waals surface area (Å²) in [4.78, 5) is 11.0. The first kappa shape index (κ1) is 19.6. The van der Waals surface area contributed by atoms with Gasteiger partial charge in [0.15, 0.2) is 0 Å². The SMILES string of the molecule is CNC(c1ccc(OC)cc1)c1cc(CCC(=O)O)c(OC)cc1OC. The summed E-state index contributed by atoms with van der Waals surface area (Å²) in [5.41, 5.74) is 2.79. The zero-order valence-electron chi connectivity index (χ0n) is 15.5. The van der Waals surface area contributed by atoms with E-state index in [-0.39, 0.29) is 12.5 Å². The topological polar surface area (TPSA) is 77.0 Å². The minimum absolute atomic E-state index is 0.0366. The lowest BCUT2D eigenvalue weighted by Crippen LogP contribution is -2.19. The molecule has 140 valence electrons. The van der Waals surface area contributed by atoms with Crippen molar-refractivity contribution in [3.8, 4) is 17.2 Å². The molecule has 2 N–H and O–H groups in total. The highest BCUT2D eigenvalue weighted by Crippen LogP contribution is 2.36. The summed E-state index contributed by atoms with van der Waals surface area (Å²) in [6, 6.07) is 11.4. The van der Waals surface area contributed by atoms with Crippen molar-refractivity contribution in [1.82, 2.24) is 5.32 Å². The van der Waals surface area contributed by atoms with E-state index in [1.165, 1.54) is 0 Å². The third-order valence-electron chi connectivity index (χ3n) is 4.29. The zero-order valence-corrected chi connectivity index (χ0v) is 15.5. The molecule has 0 radical (unpaired) electrons. The maximum absolute atomic E-state index is 11.0. The molecule has 2 aromatic carbocycles. The number of hydrogen-bond donors (Lipinski definition) is 2. The van der Waals surface area contributed by atoms with Crippen molar-refractivity contribution < 1.29 is 24.1 Å². The number of rotatable bonds is 9. The van der Waals surface area contributed by atoms with E-state index in [0.717, 1.165) is 22.4 Å². The van der Waals surface area contributed by atoms with E-state index in [2.05, 4.69) is 5.32 Å². The number of ether oxygens (including phenoxy) is 3. The largest absolute Gasteiger partial charge is 0.497 e. The first-order valence-electron chi connectivity index (χ1n) is 8.31. The first-order valence-corrected chi connectivity index (χ1v) is 8.31. The number of aryl methyl sites for hydroxylation is 1. The number of hydrogen-bond acceptors (Lipinski definition) is 5. The molecule has 6 nitrogen and oxygen atoms in total. The van der Waals surface area contributed by atoms with Crippen LogP contribution in [-0.4, -0.2) is 39.5 Å². The fourth-order valence-corrected chi connectivity index (χ4v) is 2.95. The molecular weight excluding hydrogens is 334 g/mol. The third-order valence-corrected chi connectivity index (χ3v) is 4.29. The Labute approximate surface area is 153 Å². The van der Waals surface area contributed by atoms with E-state index in [1.54, 1.807) is 27.4 Å². The molecule has 0 aliphatic rings. The van der Waals surface area contributed by atoms with Crippen molar-refractivity contribution in [3.63, 3.8) is 0 Å². The Bertz CT molecular complexity index is 743. The summed E-state index contributed by atoms with van der Waals surface area (Å²) >= 11 is 0. The lowest BCUT2D eigenvalue weighted by Gasteiger charge is -2.22. The summed E-state index contributed by atoms with van der Waals surface area (Å²) in [5, 5.41) is 12.3. The molecule has 1 atom stereocenters. The first-order chi connectivity index (χ1) is 12.5. The van der Waals surface area contributed by atoms with Gasteiger partial charge < -0.3 is 24.6 Å². The number of methoxy groups -OCH3 is 3. The van der Waals surface area contributed by atoms with Gasteiger partial charge in [0.1, 0.15) is 17.2 Å². The second-order valence-corrected chi connectivity index (χ2v) is 5.79. The minimum atomic E-state index is -0.843. The molecule has 0 amide bonds. The molecule has 0 bridgehead atoms. The van der Waals surface area contributed by atoms with Crippen LogP contribution in [0.3, 0.4) is 0 Å². The Morgan fingerprint density at radius 2 is 1.69 bits per heavy atom. The van der Waals surface area contributed by atoms with Crippen molar-refractivity contribution in [3.05, 3.63) is 53.1 Å². The van der Waals surface area contributed by atoms with Crippen molar-refractivity contribution in [2.24, 2.45) is 0 Å². The van der Waals surface area contributed by atoms with Gasteiger partial charge in [0, 0.05) is 18.1 Å². The summed E-state index contributed by atoms with van der Waals surface area (Å²) in [6.45, 7) is 0. The fraction of sp³-hybridized carbons (Fsp3) is 0.350. The second-order valence-electron chi connectivity index (χ2n) is 5.79. The lowest BCUT2D eigenvalue weighted by atomic mass is 9.94. The van der Waals surface area contributed by atoms with Gasteiger partial charge in [0.05, 0.1) is 27.4 Å². The molecule has 0 aromatic heterocycles. The summed E-state index contributed by atoms with van der Waals surface area (Å²) in [5.74, 6) is 1.24. The molecule has 0 aliphatic carbocycles. The Balaban J connectivity index is 2.48. The molecular formula is C20H25NO5. The zero-order chi connectivity index (χ0) is 19.1. The molecule has 0 saturated carbocycles. The number of carboxylic acids is 1. The highest BCUT2D eigenvalue weighted by Gasteiger charge is 2.20. The Morgan fingerprint density at radius 1 is 1.04 bits per heavy atom. The van der Waals surface area contributed by atoms with Crippen LogP contribution in [0.5, 0.6) is 17.2 Å². The van der Waals surface area contributed by atoms with E-state index >= 15 is 0 Å². The number of carboxylic acid groups (broad SMARTS) is 1. The van der Waals surface area contributed by atoms with Gasteiger partial charge in [-0.1, -0.05) is 12.1 Å². The normalized spacial score (nSPS) is 11.7. The van der Waals surface area contributed by atoms with Crippen LogP contribution in [0.1, 0.15) is 29.2 Å². The van der Waals surface area contributed by atoms with Gasteiger partial charge >= 0.3 is 5.97 Å². The molecule has 1 unspecified atom stereocenters. The van der Waals surface area contributed by atoms with Crippen molar-refractivity contribution in [2.45, 2.75) is 18.9 Å². The Morgan fingerprint density at radius 3 is 2.19 bits per heavy atom. The Kier molecular flexibility index (Phi) is 6.86. The van der Waals surface area contributed by atoms with Crippen LogP contribution in [0.15, 0.2) is 36.4 Å². The quantitative estimate of drug-likeness (QED) is 0.717. The maximum Gasteiger partial charge on any atom is 0.303 e. The van der Waals surface area contributed by atoms with E-state index < -0.39 is 5.97 Å². The molecule has 0 spiro atoms. The number of aliphatic carboxylic acids is 1. The van der Waals surface area contributed by atoms with Crippen molar-refractivity contribution in [1.29, 1.82) is 0 Å². The van der Waals surface area contributed by atoms with E-state index in [1.807, 2.05) is 37.4 Å². The van der Waals surface area contributed by atoms with Crippen LogP contribution >= 0.6 is 0 Å². The fourth-order valence-electron chi connectivity index (χ4n) is 2.95. The Hall–Kier alpha value is -2.73. The van der Waals surface area contributed by atoms with Gasteiger partial charge in [-0.15, -0.1) is 0 Å². The number of carbonyl (C=O) groups is 1. The molecule has 0 saturated heterocycles. The summed E-state index contributed by atoms with van der Waals surface area (Å²) in [6.07, 6.45) is 0.420. The highest BCUT2D eigenvalue weighted by atomic mass is 16.5. The van der Waals surface area contributed by atoms with Crippen LogP contribution in [-0.2, 0) is 11.2 Å². The van der Waals surface area contributed by atoms with E-state index in [9.17, 15) is 4.79 Å². The standard InChI is InChI=1S/C20H25NO5/c1-21-20(13-5-8-15(24-2)9-6-13)16-11-14(7-10-19(22)23)17(25-3)12-18(16)26-4/h5-6,8-9,11-12,20-21H,7,10H2,1-4H3,(H,22,23). The molecule has 2 rings (SSSR count). The van der Waals surface area contributed by atoms with Crippen LogP contribution < -0.4 is 19.5 Å². The number of benzene rings is 2. The van der Waals surface area contributed by atoms with Gasteiger partial charge in [0.25, 0.3) is 0 Å². The maximum atomic E-state index is 11.0. The predicted molar refractivity (Wildman–Crippen MR) is 99.4 cm³/mol. The van der Waals surface area contributed by atoms with Crippen LogP contribution in [0.25, 0.3) is 0 Å². The summed E-state index contributed by atoms with van der Waals surface area (Å²) < 4.78 is 16.2. The average Bonchev–Trinajstić information content (AvgIpc) is 2.67. The molecule has 0 fully saturated rings. The average molecular weight is 359 g/mol. The molecule has 0 heterocycles. The molecule has 2 aromatic rings. The number of nitrogens with one attached hydrogen (secondary N) is 1. The minimum Gasteiger partial charge on any atom is -0.497 e. The van der Waals surface area contributed by atoms with Crippen LogP contribution in [0, 0.1) is 0 Å². The van der Waals surface area contributed by atoms with Crippen molar-refractivity contribution >= 4 is 5.97 Å². The monoisotopic (exact) mass is 359 g/mol. The lowest BCUT2D eigenvalue weighted by molar-refractivity contribution is -0.136. The van der Waals surface area contributed by atoms with Crippen molar-refractivity contribution in [2.75, 3.05) is 28.4 Å². The van der Waals surface area contributed by atoms with Crippen LogP contribution in [0.2, 0.25) is 0 Å². The van der Waals surface area contributed by atoms with Gasteiger partial charge in [-0.25, -0.2) is 0 Å². The van der Waals surface area contributed by atoms with Gasteiger partial charge in [-0.05, 0) is 42.8 Å². The van der Waals surface area contributed by atoms with E-state index in [0.29, 0.717) is 17.9 Å². The van der Waals surface area contributed by atoms with Gasteiger partial charge in [-0.3, -0.25) is 4.79 Å². The molecule has 6 heteroatoms. The second kappa shape index (κ2) is 9.10. The summed E-state index contributed by atoms with van der Waals surface area (Å²) in [7, 11) is 6.68. The molecule has 26 heavy (non-hydrogen) atoms. The highest BCUT2D eigenvalue weighted by molar-refractivity contribution is 5.67. The third kappa shape index (κ3) is 4.46. The van der Waals surface area contributed by atoms with Crippen LogP contribution in [0.4, 0.5) is 0 Å².